The molecule has 0 spiro atoms. The Bertz CT molecular complexity index is 684. The van der Waals surface area contributed by atoms with Crippen molar-refractivity contribution >= 4 is 11.9 Å². The van der Waals surface area contributed by atoms with Crippen molar-refractivity contribution in [2.24, 2.45) is 0 Å². The van der Waals surface area contributed by atoms with Crippen LogP contribution in [0.3, 0.4) is 0 Å². The second-order valence-electron chi connectivity index (χ2n) is 5.10. The summed E-state index contributed by atoms with van der Waals surface area (Å²) in [6.07, 6.45) is 2.26. The Hall–Kier alpha value is -2.76. The molecule has 0 saturated heterocycles. The molecule has 126 valence electrons. The minimum absolute atomic E-state index is 0.253. The molecule has 0 saturated carbocycles. The van der Waals surface area contributed by atoms with Crippen LogP contribution in [0.1, 0.15) is 30.1 Å². The molecule has 2 aromatic rings. The summed E-state index contributed by atoms with van der Waals surface area (Å²) >= 11 is 0. The summed E-state index contributed by atoms with van der Waals surface area (Å²) in [6, 6.07) is 9.36. The van der Waals surface area contributed by atoms with Gasteiger partial charge in [0.15, 0.2) is 0 Å². The average Bonchev–Trinajstić information content (AvgIpc) is 2.60. The van der Waals surface area contributed by atoms with E-state index in [2.05, 4.69) is 10.3 Å². The van der Waals surface area contributed by atoms with Gasteiger partial charge in [-0.1, -0.05) is 0 Å². The fraction of sp³-hybridized carbons (Fsp3) is 0.278. The number of halogens is 1. The number of carbonyl (C=O) groups excluding carboxylic acids is 2. The predicted molar refractivity (Wildman–Crippen MR) is 87.8 cm³/mol. The molecule has 24 heavy (non-hydrogen) atoms. The van der Waals surface area contributed by atoms with Gasteiger partial charge in [0.05, 0.1) is 17.9 Å². The Morgan fingerprint density at radius 1 is 1.17 bits per heavy atom. The van der Waals surface area contributed by atoms with Crippen molar-refractivity contribution in [1.29, 1.82) is 0 Å². The van der Waals surface area contributed by atoms with Crippen LogP contribution >= 0.6 is 0 Å². The highest BCUT2D eigenvalue weighted by Crippen LogP contribution is 2.17. The van der Waals surface area contributed by atoms with E-state index in [1.807, 2.05) is 0 Å². The van der Waals surface area contributed by atoms with Crippen LogP contribution in [0, 0.1) is 5.82 Å². The van der Waals surface area contributed by atoms with E-state index in [1.165, 1.54) is 18.3 Å². The lowest BCUT2D eigenvalue weighted by molar-refractivity contribution is -0.143. The summed E-state index contributed by atoms with van der Waals surface area (Å²) in [7, 11) is 0. The maximum atomic E-state index is 12.9. The molecule has 0 bridgehead atoms. The van der Waals surface area contributed by atoms with Crippen LogP contribution in [0.25, 0.3) is 11.3 Å². The molecular weight excluding hydrogens is 311 g/mol. The number of aromatic nitrogens is 1. The third-order valence-electron chi connectivity index (χ3n) is 3.31. The van der Waals surface area contributed by atoms with Crippen LogP contribution in [0.2, 0.25) is 0 Å². The number of hydrogen-bond acceptors (Lipinski definition) is 4. The predicted octanol–water partition coefficient (Wildman–Crippen LogP) is 2.96. The van der Waals surface area contributed by atoms with Crippen LogP contribution in [-0.4, -0.2) is 30.0 Å². The minimum Gasteiger partial charge on any atom is -0.466 e. The van der Waals surface area contributed by atoms with E-state index in [-0.39, 0.29) is 24.1 Å². The van der Waals surface area contributed by atoms with Gasteiger partial charge in [-0.15, -0.1) is 0 Å². The second-order valence-corrected chi connectivity index (χ2v) is 5.10. The van der Waals surface area contributed by atoms with Gasteiger partial charge >= 0.3 is 5.97 Å². The quantitative estimate of drug-likeness (QED) is 0.626. The first-order valence-electron chi connectivity index (χ1n) is 7.76. The van der Waals surface area contributed by atoms with Gasteiger partial charge in [0.2, 0.25) is 0 Å². The summed E-state index contributed by atoms with van der Waals surface area (Å²) in [5.41, 5.74) is 1.86. The number of carbonyl (C=O) groups is 2. The fourth-order valence-electron chi connectivity index (χ4n) is 2.09. The summed E-state index contributed by atoms with van der Waals surface area (Å²) in [6.45, 7) is 2.50. The van der Waals surface area contributed by atoms with Gasteiger partial charge in [-0.2, -0.15) is 0 Å². The van der Waals surface area contributed by atoms with Crippen LogP contribution in [0.15, 0.2) is 42.6 Å². The highest BCUT2D eigenvalue weighted by atomic mass is 19.1. The normalized spacial score (nSPS) is 10.2. The van der Waals surface area contributed by atoms with Crippen molar-refractivity contribution in [3.8, 4) is 11.3 Å². The molecule has 0 aliphatic rings. The SMILES string of the molecule is CCOC(=O)CCCNC(=O)c1ccc(-c2ccc(F)cc2)nc1. The number of amides is 1. The standard InChI is InChI=1S/C18H19FN2O3/c1-2-24-17(22)4-3-11-20-18(23)14-7-10-16(21-12-14)13-5-8-15(19)9-6-13/h5-10,12H,2-4,11H2,1H3,(H,20,23). The van der Waals surface area contributed by atoms with Gasteiger partial charge in [0, 0.05) is 24.7 Å². The van der Waals surface area contributed by atoms with Gasteiger partial charge in [-0.3, -0.25) is 14.6 Å². The van der Waals surface area contributed by atoms with Crippen molar-refractivity contribution < 1.29 is 18.7 Å². The molecule has 2 rings (SSSR count). The molecule has 1 aromatic carbocycles. The third kappa shape index (κ3) is 5.15. The van der Waals surface area contributed by atoms with Crippen molar-refractivity contribution in [3.05, 3.63) is 54.0 Å². The topological polar surface area (TPSA) is 68.3 Å². The Kier molecular flexibility index (Phi) is 6.42. The molecule has 0 aliphatic carbocycles. The lowest BCUT2D eigenvalue weighted by atomic mass is 10.1. The second kappa shape index (κ2) is 8.76. The summed E-state index contributed by atoms with van der Waals surface area (Å²) in [5.74, 6) is -0.827. The van der Waals surface area contributed by atoms with E-state index in [0.29, 0.717) is 30.8 Å². The van der Waals surface area contributed by atoms with Crippen LogP contribution in [0.5, 0.6) is 0 Å². The van der Waals surface area contributed by atoms with Crippen LogP contribution in [-0.2, 0) is 9.53 Å². The first-order chi connectivity index (χ1) is 11.6. The highest BCUT2D eigenvalue weighted by Gasteiger charge is 2.07. The highest BCUT2D eigenvalue weighted by molar-refractivity contribution is 5.94. The van der Waals surface area contributed by atoms with E-state index < -0.39 is 0 Å². The number of rotatable bonds is 7. The molecule has 1 aromatic heterocycles. The molecule has 0 radical (unpaired) electrons. The molecule has 1 heterocycles. The zero-order valence-electron chi connectivity index (χ0n) is 13.4. The molecular formula is C18H19FN2O3. The third-order valence-corrected chi connectivity index (χ3v) is 3.31. The number of esters is 1. The number of pyridine rings is 1. The average molecular weight is 330 g/mol. The fourth-order valence-corrected chi connectivity index (χ4v) is 2.09. The van der Waals surface area contributed by atoms with E-state index in [9.17, 15) is 14.0 Å². The van der Waals surface area contributed by atoms with Crippen LogP contribution < -0.4 is 5.32 Å². The van der Waals surface area contributed by atoms with Gasteiger partial charge in [0.25, 0.3) is 5.91 Å². The minimum atomic E-state index is -0.308. The van der Waals surface area contributed by atoms with Gasteiger partial charge in [-0.25, -0.2) is 4.39 Å². The van der Waals surface area contributed by atoms with E-state index in [0.717, 1.165) is 5.56 Å². The number of nitrogens with one attached hydrogen (secondary N) is 1. The summed E-state index contributed by atoms with van der Waals surface area (Å²) < 4.78 is 17.7. The monoisotopic (exact) mass is 330 g/mol. The Balaban J connectivity index is 1.85. The van der Waals surface area contributed by atoms with E-state index in [1.54, 1.807) is 31.2 Å². The van der Waals surface area contributed by atoms with Crippen molar-refractivity contribution in [1.82, 2.24) is 10.3 Å². The molecule has 5 nitrogen and oxygen atoms in total. The molecule has 6 heteroatoms. The number of hydrogen-bond donors (Lipinski definition) is 1. The Morgan fingerprint density at radius 3 is 2.54 bits per heavy atom. The van der Waals surface area contributed by atoms with Gasteiger partial charge in [-0.05, 0) is 49.7 Å². The molecule has 1 N–H and O–H groups in total. The lowest BCUT2D eigenvalue weighted by Gasteiger charge is -2.06. The first kappa shape index (κ1) is 17.6. The number of ether oxygens (including phenoxy) is 1. The lowest BCUT2D eigenvalue weighted by Crippen LogP contribution is -2.25. The van der Waals surface area contributed by atoms with Crippen molar-refractivity contribution in [2.75, 3.05) is 13.2 Å². The van der Waals surface area contributed by atoms with Crippen LogP contribution in [0.4, 0.5) is 4.39 Å². The van der Waals surface area contributed by atoms with Gasteiger partial charge < -0.3 is 10.1 Å². The summed E-state index contributed by atoms with van der Waals surface area (Å²) in [5, 5.41) is 2.73. The molecule has 0 unspecified atom stereocenters. The maximum absolute atomic E-state index is 12.9. The zero-order chi connectivity index (χ0) is 17.4. The Morgan fingerprint density at radius 2 is 1.92 bits per heavy atom. The first-order valence-corrected chi connectivity index (χ1v) is 7.76. The van der Waals surface area contributed by atoms with E-state index >= 15 is 0 Å². The smallest absolute Gasteiger partial charge is 0.305 e. The van der Waals surface area contributed by atoms with Crippen molar-refractivity contribution in [3.63, 3.8) is 0 Å². The van der Waals surface area contributed by atoms with Gasteiger partial charge in [0.1, 0.15) is 5.82 Å². The number of benzene rings is 1. The molecule has 1 amide bonds. The Labute approximate surface area is 139 Å². The summed E-state index contributed by atoms with van der Waals surface area (Å²) in [4.78, 5) is 27.4. The number of nitrogens with zero attached hydrogens (tertiary/aromatic N) is 1. The zero-order valence-corrected chi connectivity index (χ0v) is 13.4. The van der Waals surface area contributed by atoms with E-state index in [4.69, 9.17) is 4.74 Å². The molecule has 0 aliphatic heterocycles. The van der Waals surface area contributed by atoms with Crippen molar-refractivity contribution in [2.45, 2.75) is 19.8 Å². The molecule has 0 atom stereocenters. The largest absolute Gasteiger partial charge is 0.466 e. The molecule has 0 fully saturated rings. The maximum Gasteiger partial charge on any atom is 0.305 e.